The Kier molecular flexibility index (Phi) is 4.04. The Morgan fingerprint density at radius 2 is 2.28 bits per heavy atom. The van der Waals surface area contributed by atoms with Crippen LogP contribution in [-0.4, -0.2) is 31.1 Å². The SMILES string of the molecule is COC(=O)c1cc(OC2CCCCO2)ccc1O. The number of carbonyl (C=O) groups excluding carboxylic acids is 1. The number of rotatable bonds is 3. The highest BCUT2D eigenvalue weighted by atomic mass is 16.7. The summed E-state index contributed by atoms with van der Waals surface area (Å²) in [6.45, 7) is 0.687. The average molecular weight is 252 g/mol. The summed E-state index contributed by atoms with van der Waals surface area (Å²) < 4.78 is 15.6. The normalized spacial score (nSPS) is 19.3. The van der Waals surface area contributed by atoms with Gasteiger partial charge in [0.05, 0.1) is 13.7 Å². The molecule has 1 aliphatic heterocycles. The fraction of sp³-hybridized carbons (Fsp3) is 0.462. The van der Waals surface area contributed by atoms with Crippen LogP contribution < -0.4 is 4.74 Å². The number of phenols is 1. The Balaban J connectivity index is 2.11. The highest BCUT2D eigenvalue weighted by Gasteiger charge is 2.17. The predicted molar refractivity (Wildman–Crippen MR) is 63.7 cm³/mol. The molecule has 0 aliphatic carbocycles. The van der Waals surface area contributed by atoms with Crippen LogP contribution in [0.2, 0.25) is 0 Å². The van der Waals surface area contributed by atoms with Gasteiger partial charge in [0.1, 0.15) is 17.1 Å². The molecule has 1 N–H and O–H groups in total. The van der Waals surface area contributed by atoms with Crippen LogP contribution in [0.5, 0.6) is 11.5 Å². The van der Waals surface area contributed by atoms with Gasteiger partial charge in [-0.25, -0.2) is 4.79 Å². The standard InChI is InChI=1S/C13H16O5/c1-16-13(15)10-8-9(5-6-11(10)14)18-12-4-2-3-7-17-12/h5-6,8,12,14H,2-4,7H2,1H3. The first-order valence-corrected chi connectivity index (χ1v) is 5.90. The molecule has 1 saturated heterocycles. The van der Waals surface area contributed by atoms with E-state index >= 15 is 0 Å². The van der Waals surface area contributed by atoms with Gasteiger partial charge in [-0.1, -0.05) is 0 Å². The van der Waals surface area contributed by atoms with E-state index in [2.05, 4.69) is 4.74 Å². The van der Waals surface area contributed by atoms with Gasteiger partial charge in [-0.2, -0.15) is 0 Å². The third kappa shape index (κ3) is 2.92. The fourth-order valence-electron chi connectivity index (χ4n) is 1.82. The number of esters is 1. The fourth-order valence-corrected chi connectivity index (χ4v) is 1.82. The van der Waals surface area contributed by atoms with Crippen molar-refractivity contribution in [1.29, 1.82) is 0 Å². The van der Waals surface area contributed by atoms with Crippen LogP contribution in [-0.2, 0) is 9.47 Å². The first kappa shape index (κ1) is 12.7. The number of phenolic OH excluding ortho intramolecular Hbond substituents is 1. The largest absolute Gasteiger partial charge is 0.507 e. The van der Waals surface area contributed by atoms with Crippen molar-refractivity contribution in [1.82, 2.24) is 0 Å². The maximum Gasteiger partial charge on any atom is 0.341 e. The van der Waals surface area contributed by atoms with Gasteiger partial charge < -0.3 is 19.3 Å². The van der Waals surface area contributed by atoms with E-state index in [1.165, 1.54) is 19.2 Å². The van der Waals surface area contributed by atoms with E-state index < -0.39 is 5.97 Å². The van der Waals surface area contributed by atoms with E-state index in [0.717, 1.165) is 19.3 Å². The summed E-state index contributed by atoms with van der Waals surface area (Å²) in [6.07, 6.45) is 2.65. The second-order valence-corrected chi connectivity index (χ2v) is 4.08. The van der Waals surface area contributed by atoms with Gasteiger partial charge in [0.15, 0.2) is 6.29 Å². The molecule has 0 amide bonds. The summed E-state index contributed by atoms with van der Waals surface area (Å²) in [5, 5.41) is 9.55. The number of aromatic hydroxyl groups is 1. The molecule has 1 aliphatic rings. The van der Waals surface area contributed by atoms with Crippen molar-refractivity contribution in [3.63, 3.8) is 0 Å². The van der Waals surface area contributed by atoms with Gasteiger partial charge in [0, 0.05) is 6.42 Å². The molecule has 1 heterocycles. The monoisotopic (exact) mass is 252 g/mol. The molecule has 1 atom stereocenters. The van der Waals surface area contributed by atoms with E-state index in [9.17, 15) is 9.90 Å². The summed E-state index contributed by atoms with van der Waals surface area (Å²) in [7, 11) is 1.26. The van der Waals surface area contributed by atoms with Crippen LogP contribution in [0.25, 0.3) is 0 Å². The van der Waals surface area contributed by atoms with Gasteiger partial charge in [-0.3, -0.25) is 0 Å². The van der Waals surface area contributed by atoms with Crippen molar-refractivity contribution in [3.05, 3.63) is 23.8 Å². The smallest absolute Gasteiger partial charge is 0.341 e. The van der Waals surface area contributed by atoms with Crippen molar-refractivity contribution in [2.24, 2.45) is 0 Å². The van der Waals surface area contributed by atoms with E-state index in [1.807, 2.05) is 0 Å². The van der Waals surface area contributed by atoms with Gasteiger partial charge in [0.2, 0.25) is 0 Å². The summed E-state index contributed by atoms with van der Waals surface area (Å²) in [5.74, 6) is -0.235. The zero-order valence-corrected chi connectivity index (χ0v) is 10.2. The lowest BCUT2D eigenvalue weighted by atomic mass is 10.2. The van der Waals surface area contributed by atoms with Crippen molar-refractivity contribution in [2.75, 3.05) is 13.7 Å². The molecule has 98 valence electrons. The molecule has 0 aromatic heterocycles. The Morgan fingerprint density at radius 3 is 2.94 bits per heavy atom. The molecule has 1 aromatic rings. The zero-order valence-electron chi connectivity index (χ0n) is 10.2. The summed E-state index contributed by atoms with van der Waals surface area (Å²) in [5.41, 5.74) is 0.0887. The predicted octanol–water partition coefficient (Wildman–Crippen LogP) is 2.08. The molecule has 5 nitrogen and oxygen atoms in total. The lowest BCUT2D eigenvalue weighted by Crippen LogP contribution is -2.25. The molecular weight excluding hydrogens is 236 g/mol. The Morgan fingerprint density at radius 1 is 1.44 bits per heavy atom. The van der Waals surface area contributed by atoms with E-state index in [1.54, 1.807) is 6.07 Å². The van der Waals surface area contributed by atoms with Crippen LogP contribution >= 0.6 is 0 Å². The van der Waals surface area contributed by atoms with Crippen molar-refractivity contribution in [3.8, 4) is 11.5 Å². The Labute approximate surface area is 105 Å². The first-order valence-electron chi connectivity index (χ1n) is 5.90. The number of benzene rings is 1. The van der Waals surface area contributed by atoms with Crippen LogP contribution in [0.3, 0.4) is 0 Å². The highest BCUT2D eigenvalue weighted by Crippen LogP contribution is 2.26. The Hall–Kier alpha value is -1.75. The first-order chi connectivity index (χ1) is 8.70. The van der Waals surface area contributed by atoms with Crippen LogP contribution in [0.15, 0.2) is 18.2 Å². The molecule has 1 unspecified atom stereocenters. The van der Waals surface area contributed by atoms with Crippen molar-refractivity contribution in [2.45, 2.75) is 25.6 Å². The Bertz CT molecular complexity index is 423. The highest BCUT2D eigenvalue weighted by molar-refractivity contribution is 5.92. The average Bonchev–Trinajstić information content (AvgIpc) is 2.41. The van der Waals surface area contributed by atoms with E-state index in [0.29, 0.717) is 12.4 Å². The molecule has 18 heavy (non-hydrogen) atoms. The van der Waals surface area contributed by atoms with Gasteiger partial charge in [0.25, 0.3) is 0 Å². The third-order valence-corrected chi connectivity index (χ3v) is 2.78. The van der Waals surface area contributed by atoms with Crippen molar-refractivity contribution < 1.29 is 24.1 Å². The number of methoxy groups -OCH3 is 1. The minimum atomic E-state index is -0.595. The lowest BCUT2D eigenvalue weighted by molar-refractivity contribution is -0.105. The van der Waals surface area contributed by atoms with Crippen LogP contribution in [0.1, 0.15) is 29.6 Å². The van der Waals surface area contributed by atoms with Crippen molar-refractivity contribution >= 4 is 5.97 Å². The van der Waals surface area contributed by atoms with Gasteiger partial charge in [-0.05, 0) is 31.0 Å². The molecular formula is C13H16O5. The molecule has 0 spiro atoms. The molecule has 0 bridgehead atoms. The molecule has 1 aromatic carbocycles. The van der Waals surface area contributed by atoms with E-state index in [-0.39, 0.29) is 17.6 Å². The second-order valence-electron chi connectivity index (χ2n) is 4.08. The number of carbonyl (C=O) groups is 1. The molecule has 5 heteroatoms. The second kappa shape index (κ2) is 5.73. The summed E-state index contributed by atoms with van der Waals surface area (Å²) in [4.78, 5) is 11.4. The third-order valence-electron chi connectivity index (χ3n) is 2.78. The molecule has 2 rings (SSSR count). The summed E-state index contributed by atoms with van der Waals surface area (Å²) >= 11 is 0. The van der Waals surface area contributed by atoms with E-state index in [4.69, 9.17) is 9.47 Å². The molecule has 1 fully saturated rings. The zero-order chi connectivity index (χ0) is 13.0. The summed E-state index contributed by atoms with van der Waals surface area (Å²) in [6, 6.07) is 4.46. The number of hydrogen-bond donors (Lipinski definition) is 1. The number of ether oxygens (including phenoxy) is 3. The van der Waals surface area contributed by atoms with Crippen LogP contribution in [0, 0.1) is 0 Å². The van der Waals surface area contributed by atoms with Gasteiger partial charge in [-0.15, -0.1) is 0 Å². The molecule has 0 saturated carbocycles. The quantitative estimate of drug-likeness (QED) is 0.834. The maximum atomic E-state index is 11.4. The maximum absolute atomic E-state index is 11.4. The van der Waals surface area contributed by atoms with Gasteiger partial charge >= 0.3 is 5.97 Å². The topological polar surface area (TPSA) is 65.0 Å². The molecule has 0 radical (unpaired) electrons. The minimum absolute atomic E-state index is 0.0887. The lowest BCUT2D eigenvalue weighted by Gasteiger charge is -2.23. The number of hydrogen-bond acceptors (Lipinski definition) is 5. The van der Waals surface area contributed by atoms with Crippen LogP contribution in [0.4, 0.5) is 0 Å². The minimum Gasteiger partial charge on any atom is -0.507 e.